The summed E-state index contributed by atoms with van der Waals surface area (Å²) in [6, 6.07) is 10.1. The van der Waals surface area contributed by atoms with Crippen LogP contribution in [-0.2, 0) is 11.0 Å². The summed E-state index contributed by atoms with van der Waals surface area (Å²) in [4.78, 5) is 18.0. The van der Waals surface area contributed by atoms with Crippen molar-refractivity contribution in [2.75, 3.05) is 11.4 Å². The summed E-state index contributed by atoms with van der Waals surface area (Å²) in [6.07, 6.45) is -4.30. The summed E-state index contributed by atoms with van der Waals surface area (Å²) in [7, 11) is 0. The molecule has 5 nitrogen and oxygen atoms in total. The van der Waals surface area contributed by atoms with Gasteiger partial charge in [0.2, 0.25) is 5.91 Å². The van der Waals surface area contributed by atoms with Crippen LogP contribution in [0.4, 0.5) is 23.2 Å². The Morgan fingerprint density at radius 3 is 2.54 bits per heavy atom. The zero-order valence-corrected chi connectivity index (χ0v) is 14.3. The monoisotopic (exact) mass is 391 g/mol. The standard InChI is InChI=1S/C19H13F4N3O2/c20-14-2-1-3-15(9-14)26-10-12(8-16(26)27)17-24-18(28-25-17)11-4-6-13(7-5-11)19(21,22)23/h1-7,9,12H,8,10H2. The number of rotatable bonds is 3. The first-order valence-corrected chi connectivity index (χ1v) is 8.38. The number of aromatic nitrogens is 2. The lowest BCUT2D eigenvalue weighted by atomic mass is 10.1. The first-order chi connectivity index (χ1) is 13.3. The van der Waals surface area contributed by atoms with Crippen LogP contribution in [0.15, 0.2) is 53.1 Å². The molecule has 144 valence electrons. The Bertz CT molecular complexity index is 1010. The molecular weight excluding hydrogens is 378 g/mol. The van der Waals surface area contributed by atoms with Crippen LogP contribution in [-0.4, -0.2) is 22.6 Å². The van der Waals surface area contributed by atoms with E-state index >= 15 is 0 Å². The Hall–Kier alpha value is -3.23. The average Bonchev–Trinajstić information content (AvgIpc) is 3.28. The molecule has 28 heavy (non-hydrogen) atoms. The Balaban J connectivity index is 1.53. The zero-order valence-electron chi connectivity index (χ0n) is 14.3. The van der Waals surface area contributed by atoms with Crippen LogP contribution in [0, 0.1) is 5.82 Å². The summed E-state index contributed by atoms with van der Waals surface area (Å²) in [5.74, 6) is -0.653. The SMILES string of the molecule is O=C1CC(c2noc(-c3ccc(C(F)(F)F)cc3)n2)CN1c1cccc(F)c1. The van der Waals surface area contributed by atoms with Gasteiger partial charge in [0.05, 0.1) is 5.56 Å². The minimum Gasteiger partial charge on any atom is -0.334 e. The van der Waals surface area contributed by atoms with Crippen molar-refractivity contribution in [2.45, 2.75) is 18.5 Å². The Morgan fingerprint density at radius 1 is 1.11 bits per heavy atom. The highest BCUT2D eigenvalue weighted by Gasteiger charge is 2.35. The lowest BCUT2D eigenvalue weighted by Gasteiger charge is -2.15. The maximum Gasteiger partial charge on any atom is 0.416 e. The summed E-state index contributed by atoms with van der Waals surface area (Å²) < 4.78 is 56.5. The van der Waals surface area contributed by atoms with E-state index in [2.05, 4.69) is 10.1 Å². The number of anilines is 1. The first-order valence-electron chi connectivity index (χ1n) is 8.38. The van der Waals surface area contributed by atoms with Crippen molar-refractivity contribution >= 4 is 11.6 Å². The molecule has 0 spiro atoms. The summed E-state index contributed by atoms with van der Waals surface area (Å²) in [6.45, 7) is 0.258. The van der Waals surface area contributed by atoms with Gasteiger partial charge in [-0.3, -0.25) is 4.79 Å². The topological polar surface area (TPSA) is 59.2 Å². The predicted molar refractivity (Wildman–Crippen MR) is 90.8 cm³/mol. The van der Waals surface area contributed by atoms with Gasteiger partial charge in [0.15, 0.2) is 5.82 Å². The van der Waals surface area contributed by atoms with Crippen LogP contribution >= 0.6 is 0 Å². The molecule has 0 saturated carbocycles. The van der Waals surface area contributed by atoms with E-state index in [0.29, 0.717) is 11.3 Å². The molecule has 3 aromatic rings. The van der Waals surface area contributed by atoms with Crippen molar-refractivity contribution < 1.29 is 26.9 Å². The molecule has 1 aromatic heterocycles. The van der Waals surface area contributed by atoms with Crippen LogP contribution < -0.4 is 4.90 Å². The van der Waals surface area contributed by atoms with Crippen LogP contribution in [0.2, 0.25) is 0 Å². The van der Waals surface area contributed by atoms with E-state index in [4.69, 9.17) is 4.52 Å². The fraction of sp³-hybridized carbons (Fsp3) is 0.211. The van der Waals surface area contributed by atoms with Gasteiger partial charge in [-0.15, -0.1) is 0 Å². The van der Waals surface area contributed by atoms with Crippen molar-refractivity contribution in [1.29, 1.82) is 0 Å². The van der Waals surface area contributed by atoms with Gasteiger partial charge in [-0.2, -0.15) is 18.2 Å². The van der Waals surface area contributed by atoms with Gasteiger partial charge in [0, 0.05) is 30.1 Å². The predicted octanol–water partition coefficient (Wildman–Crippen LogP) is 4.42. The fourth-order valence-corrected chi connectivity index (χ4v) is 3.09. The molecule has 1 amide bonds. The van der Waals surface area contributed by atoms with Crippen molar-refractivity contribution in [3.05, 3.63) is 65.7 Å². The van der Waals surface area contributed by atoms with Gasteiger partial charge in [0.25, 0.3) is 5.89 Å². The Kier molecular flexibility index (Phi) is 4.37. The van der Waals surface area contributed by atoms with Crippen LogP contribution in [0.3, 0.4) is 0 Å². The molecular formula is C19H13F4N3O2. The van der Waals surface area contributed by atoms with E-state index < -0.39 is 17.6 Å². The van der Waals surface area contributed by atoms with Crippen LogP contribution in [0.25, 0.3) is 11.5 Å². The minimum absolute atomic E-state index is 0.0698. The lowest BCUT2D eigenvalue weighted by molar-refractivity contribution is -0.137. The van der Waals surface area contributed by atoms with E-state index in [1.165, 1.54) is 35.2 Å². The molecule has 1 aliphatic rings. The summed E-state index contributed by atoms with van der Waals surface area (Å²) in [5.41, 5.74) is 0.0140. The smallest absolute Gasteiger partial charge is 0.334 e. The number of carbonyl (C=O) groups is 1. The molecule has 1 saturated heterocycles. The van der Waals surface area contributed by atoms with Gasteiger partial charge in [-0.1, -0.05) is 11.2 Å². The highest BCUT2D eigenvalue weighted by Crippen LogP contribution is 2.33. The number of nitrogens with zero attached hydrogens (tertiary/aromatic N) is 3. The van der Waals surface area contributed by atoms with E-state index in [9.17, 15) is 22.4 Å². The molecule has 0 aliphatic carbocycles. The third-order valence-corrected chi connectivity index (χ3v) is 4.51. The molecule has 1 aliphatic heterocycles. The van der Waals surface area contributed by atoms with Crippen molar-refractivity contribution in [2.24, 2.45) is 0 Å². The molecule has 0 bridgehead atoms. The number of amides is 1. The highest BCUT2D eigenvalue weighted by molar-refractivity contribution is 5.96. The Morgan fingerprint density at radius 2 is 1.86 bits per heavy atom. The van der Waals surface area contributed by atoms with Gasteiger partial charge in [-0.25, -0.2) is 4.39 Å². The van der Waals surface area contributed by atoms with E-state index in [-0.39, 0.29) is 36.5 Å². The van der Waals surface area contributed by atoms with E-state index in [1.807, 2.05) is 0 Å². The van der Waals surface area contributed by atoms with Gasteiger partial charge in [0.1, 0.15) is 5.82 Å². The van der Waals surface area contributed by atoms with Gasteiger partial charge >= 0.3 is 6.18 Å². The largest absolute Gasteiger partial charge is 0.416 e. The molecule has 0 radical (unpaired) electrons. The average molecular weight is 391 g/mol. The maximum absolute atomic E-state index is 13.4. The number of alkyl halides is 3. The van der Waals surface area contributed by atoms with E-state index in [0.717, 1.165) is 12.1 Å². The summed E-state index contributed by atoms with van der Waals surface area (Å²) >= 11 is 0. The van der Waals surface area contributed by atoms with Crippen LogP contribution in [0.5, 0.6) is 0 Å². The molecule has 2 aromatic carbocycles. The van der Waals surface area contributed by atoms with Gasteiger partial charge in [-0.05, 0) is 42.5 Å². The highest BCUT2D eigenvalue weighted by atomic mass is 19.4. The number of hydrogen-bond donors (Lipinski definition) is 0. The van der Waals surface area contributed by atoms with Crippen molar-refractivity contribution in [3.63, 3.8) is 0 Å². The first kappa shape index (κ1) is 18.1. The number of benzene rings is 2. The molecule has 1 fully saturated rings. The molecule has 2 heterocycles. The zero-order chi connectivity index (χ0) is 19.9. The number of halogens is 4. The second-order valence-electron chi connectivity index (χ2n) is 6.42. The third-order valence-electron chi connectivity index (χ3n) is 4.51. The van der Waals surface area contributed by atoms with E-state index in [1.54, 1.807) is 6.07 Å². The van der Waals surface area contributed by atoms with Crippen molar-refractivity contribution in [1.82, 2.24) is 10.1 Å². The van der Waals surface area contributed by atoms with Crippen LogP contribution in [0.1, 0.15) is 23.7 Å². The maximum atomic E-state index is 13.4. The van der Waals surface area contributed by atoms with Gasteiger partial charge < -0.3 is 9.42 Å². The minimum atomic E-state index is -4.43. The van der Waals surface area contributed by atoms with Crippen molar-refractivity contribution in [3.8, 4) is 11.5 Å². The molecule has 1 atom stereocenters. The molecule has 9 heteroatoms. The molecule has 1 unspecified atom stereocenters. The molecule has 4 rings (SSSR count). The quantitative estimate of drug-likeness (QED) is 0.621. The summed E-state index contributed by atoms with van der Waals surface area (Å²) in [5, 5.41) is 3.86. The normalized spacial score (nSPS) is 17.4. The second kappa shape index (κ2) is 6.74. The second-order valence-corrected chi connectivity index (χ2v) is 6.42. The lowest BCUT2D eigenvalue weighted by Crippen LogP contribution is -2.24. The Labute approximate surface area is 156 Å². The molecule has 0 N–H and O–H groups in total. The fourth-order valence-electron chi connectivity index (χ4n) is 3.09. The number of carbonyl (C=O) groups excluding carboxylic acids is 1. The third kappa shape index (κ3) is 3.47. The number of hydrogen-bond acceptors (Lipinski definition) is 4.